The van der Waals surface area contributed by atoms with Gasteiger partial charge in [-0.1, -0.05) is 11.6 Å². The first-order chi connectivity index (χ1) is 13.9. The van der Waals surface area contributed by atoms with Crippen molar-refractivity contribution in [1.82, 2.24) is 19.1 Å². The molecule has 0 aliphatic carbocycles. The lowest BCUT2D eigenvalue weighted by Crippen LogP contribution is -2.31. The van der Waals surface area contributed by atoms with Gasteiger partial charge in [0, 0.05) is 25.2 Å². The average molecular weight is 424 g/mol. The van der Waals surface area contributed by atoms with E-state index in [0.29, 0.717) is 29.7 Å². The van der Waals surface area contributed by atoms with Crippen LogP contribution in [0.1, 0.15) is 6.42 Å². The fourth-order valence-corrected chi connectivity index (χ4v) is 2.94. The van der Waals surface area contributed by atoms with Gasteiger partial charge >= 0.3 is 5.69 Å². The van der Waals surface area contributed by atoms with Crippen LogP contribution in [0.2, 0.25) is 5.02 Å². The van der Waals surface area contributed by atoms with Crippen LogP contribution in [0.25, 0.3) is 11.2 Å². The Morgan fingerprint density at radius 1 is 1.31 bits per heavy atom. The summed E-state index contributed by atoms with van der Waals surface area (Å²) in [6.07, 6.45) is -0.487. The summed E-state index contributed by atoms with van der Waals surface area (Å²) in [4.78, 5) is 30.8. The zero-order valence-electron chi connectivity index (χ0n) is 15.8. The quantitative estimate of drug-likeness (QED) is 0.364. The maximum absolute atomic E-state index is 12.4. The molecule has 0 spiro atoms. The van der Waals surface area contributed by atoms with Gasteiger partial charge in [0.25, 0.3) is 5.56 Å². The molecule has 2 heterocycles. The number of benzene rings is 1. The average Bonchev–Trinajstić information content (AvgIpc) is 3.05. The summed E-state index contributed by atoms with van der Waals surface area (Å²) in [5.74, 6) is 0.858. The molecule has 0 radical (unpaired) electrons. The van der Waals surface area contributed by atoms with Gasteiger partial charge in [0.2, 0.25) is 5.95 Å². The van der Waals surface area contributed by atoms with E-state index < -0.39 is 17.4 Å². The summed E-state index contributed by atoms with van der Waals surface area (Å²) >= 11 is 5.84. The van der Waals surface area contributed by atoms with Crippen molar-refractivity contribution in [2.45, 2.75) is 19.1 Å². The molecule has 0 amide bonds. The molecule has 1 aromatic carbocycles. The van der Waals surface area contributed by atoms with Gasteiger partial charge in [0.15, 0.2) is 11.2 Å². The van der Waals surface area contributed by atoms with Gasteiger partial charge in [-0.2, -0.15) is 4.98 Å². The highest BCUT2D eigenvalue weighted by molar-refractivity contribution is 6.30. The lowest BCUT2D eigenvalue weighted by Gasteiger charge is -2.16. The van der Waals surface area contributed by atoms with Crippen molar-refractivity contribution in [3.8, 4) is 5.75 Å². The molecule has 0 saturated carbocycles. The van der Waals surface area contributed by atoms with E-state index in [-0.39, 0.29) is 30.9 Å². The molecule has 1 atom stereocenters. The zero-order valence-corrected chi connectivity index (χ0v) is 16.5. The fourth-order valence-electron chi connectivity index (χ4n) is 2.81. The number of aromatic nitrogens is 4. The second kappa shape index (κ2) is 9.12. The van der Waals surface area contributed by atoms with E-state index in [0.717, 1.165) is 0 Å². The van der Waals surface area contributed by atoms with E-state index in [2.05, 4.69) is 15.3 Å². The molecule has 0 aliphatic rings. The van der Waals surface area contributed by atoms with Crippen LogP contribution in [0.5, 0.6) is 5.75 Å². The Hall–Kier alpha value is -2.82. The van der Waals surface area contributed by atoms with Gasteiger partial charge < -0.3 is 24.8 Å². The number of aliphatic hydroxyl groups excluding tert-OH is 2. The fraction of sp³-hybridized carbons (Fsp3) is 0.389. The number of H-pyrrole nitrogens is 1. The second-order valence-electron chi connectivity index (χ2n) is 6.46. The maximum Gasteiger partial charge on any atom is 0.329 e. The molecule has 0 fully saturated rings. The number of anilines is 1. The van der Waals surface area contributed by atoms with Gasteiger partial charge in [-0.25, -0.2) is 4.79 Å². The van der Waals surface area contributed by atoms with Crippen LogP contribution < -0.4 is 21.3 Å². The largest absolute Gasteiger partial charge is 0.491 e. The minimum Gasteiger partial charge on any atom is -0.491 e. The maximum atomic E-state index is 12.4. The molecule has 1 unspecified atom stereocenters. The Morgan fingerprint density at radius 3 is 2.72 bits per heavy atom. The number of halogens is 1. The number of nitrogens with zero attached hydrogens (tertiary/aromatic N) is 3. The Kier molecular flexibility index (Phi) is 6.57. The van der Waals surface area contributed by atoms with Crippen LogP contribution in [0, 0.1) is 0 Å². The van der Waals surface area contributed by atoms with Crippen LogP contribution in [0.3, 0.4) is 0 Å². The number of imidazole rings is 1. The molecule has 3 aromatic rings. The summed E-state index contributed by atoms with van der Waals surface area (Å²) in [6, 6.07) is 6.72. The molecular weight excluding hydrogens is 402 g/mol. The van der Waals surface area contributed by atoms with Gasteiger partial charge in [-0.3, -0.25) is 14.3 Å². The number of aliphatic hydroxyl groups is 2. The van der Waals surface area contributed by atoms with Gasteiger partial charge in [0.05, 0.1) is 6.54 Å². The van der Waals surface area contributed by atoms with Crippen molar-refractivity contribution in [2.75, 3.05) is 25.1 Å². The van der Waals surface area contributed by atoms with Crippen molar-refractivity contribution in [1.29, 1.82) is 0 Å². The van der Waals surface area contributed by atoms with E-state index in [1.54, 1.807) is 24.3 Å². The van der Waals surface area contributed by atoms with Crippen LogP contribution in [-0.2, 0) is 13.6 Å². The lowest BCUT2D eigenvalue weighted by atomic mass is 10.3. The monoisotopic (exact) mass is 423 g/mol. The molecule has 29 heavy (non-hydrogen) atoms. The van der Waals surface area contributed by atoms with E-state index in [1.807, 2.05) is 0 Å². The molecular formula is C18H22ClN5O5. The third-order valence-electron chi connectivity index (χ3n) is 4.27. The first-order valence-electron chi connectivity index (χ1n) is 9.01. The Bertz CT molecular complexity index is 1090. The van der Waals surface area contributed by atoms with Gasteiger partial charge in [-0.15, -0.1) is 0 Å². The molecule has 0 bridgehead atoms. The Labute approximate surface area is 170 Å². The predicted octanol–water partition coefficient (Wildman–Crippen LogP) is 0.311. The van der Waals surface area contributed by atoms with Crippen molar-refractivity contribution >= 4 is 28.7 Å². The molecule has 0 saturated heterocycles. The molecule has 0 aliphatic heterocycles. The highest BCUT2D eigenvalue weighted by atomic mass is 35.5. The Morgan fingerprint density at radius 2 is 2.03 bits per heavy atom. The van der Waals surface area contributed by atoms with Crippen LogP contribution in [0.15, 0.2) is 33.9 Å². The summed E-state index contributed by atoms with van der Waals surface area (Å²) in [7, 11) is 1.50. The second-order valence-corrected chi connectivity index (χ2v) is 6.90. The number of fused-ring (bicyclic) bond motifs is 1. The highest BCUT2D eigenvalue weighted by Crippen LogP contribution is 2.18. The normalized spacial score (nSPS) is 12.3. The van der Waals surface area contributed by atoms with Gasteiger partial charge in [-0.05, 0) is 30.7 Å². The van der Waals surface area contributed by atoms with Crippen LogP contribution in [-0.4, -0.2) is 55.2 Å². The SMILES string of the molecule is Cn1c(=O)[nH]c(=O)c2c1nc(NCCCO)n2CC(O)COc1ccc(Cl)cc1. The van der Waals surface area contributed by atoms with Gasteiger partial charge in [0.1, 0.15) is 18.5 Å². The smallest absolute Gasteiger partial charge is 0.329 e. The van der Waals surface area contributed by atoms with Crippen LogP contribution >= 0.6 is 11.6 Å². The summed E-state index contributed by atoms with van der Waals surface area (Å²) in [5, 5.41) is 23.0. The minimum atomic E-state index is -0.960. The first kappa shape index (κ1) is 20.9. The van der Waals surface area contributed by atoms with Crippen molar-refractivity contribution in [3.05, 3.63) is 50.1 Å². The summed E-state index contributed by atoms with van der Waals surface area (Å²) in [5.41, 5.74) is -0.836. The van der Waals surface area contributed by atoms with Crippen molar-refractivity contribution < 1.29 is 14.9 Å². The highest BCUT2D eigenvalue weighted by Gasteiger charge is 2.19. The van der Waals surface area contributed by atoms with Crippen molar-refractivity contribution in [2.24, 2.45) is 7.05 Å². The predicted molar refractivity (Wildman–Crippen MR) is 109 cm³/mol. The third-order valence-corrected chi connectivity index (χ3v) is 4.53. The molecule has 11 heteroatoms. The third kappa shape index (κ3) is 4.78. The van der Waals surface area contributed by atoms with Crippen molar-refractivity contribution in [3.63, 3.8) is 0 Å². The number of aromatic amines is 1. The minimum absolute atomic E-state index is 0.00678. The number of nitrogens with one attached hydrogen (secondary N) is 2. The Balaban J connectivity index is 1.86. The number of rotatable bonds is 9. The summed E-state index contributed by atoms with van der Waals surface area (Å²) in [6.45, 7) is 0.376. The zero-order chi connectivity index (χ0) is 21.0. The van der Waals surface area contributed by atoms with Crippen LogP contribution in [0.4, 0.5) is 5.95 Å². The van der Waals surface area contributed by atoms with E-state index >= 15 is 0 Å². The number of ether oxygens (including phenoxy) is 1. The lowest BCUT2D eigenvalue weighted by molar-refractivity contribution is 0.0938. The molecule has 10 nitrogen and oxygen atoms in total. The topological polar surface area (TPSA) is 134 Å². The molecule has 4 N–H and O–H groups in total. The van der Waals surface area contributed by atoms with E-state index in [9.17, 15) is 14.7 Å². The van der Waals surface area contributed by atoms with E-state index in [4.69, 9.17) is 21.4 Å². The first-order valence-corrected chi connectivity index (χ1v) is 9.39. The van der Waals surface area contributed by atoms with E-state index in [1.165, 1.54) is 16.2 Å². The molecule has 3 rings (SSSR count). The number of aryl methyl sites for hydroxylation is 1. The number of hydrogen-bond acceptors (Lipinski definition) is 7. The summed E-state index contributed by atoms with van der Waals surface area (Å²) < 4.78 is 8.28. The molecule has 2 aromatic heterocycles. The number of hydrogen-bond donors (Lipinski definition) is 4. The molecule has 156 valence electrons. The standard InChI is InChI=1S/C18H22ClN5O5/c1-23-15-14(16(27)22-18(23)28)24(17(21-15)20-7-2-8-25)9-12(26)10-29-13-5-3-11(19)4-6-13/h3-6,12,25-26H,2,7-10H2,1H3,(H,20,21)(H,22,27,28).